The summed E-state index contributed by atoms with van der Waals surface area (Å²) >= 11 is 0. The molecule has 3 aromatic carbocycles. The van der Waals surface area contributed by atoms with Gasteiger partial charge in [0.1, 0.15) is 11.4 Å². The molecule has 27 heavy (non-hydrogen) atoms. The average molecular weight is 359 g/mol. The number of carbonyl (C=O) groups is 1. The Bertz CT molecular complexity index is 1210. The summed E-state index contributed by atoms with van der Waals surface area (Å²) < 4.78 is 18.7. The minimum Gasteiger partial charge on any atom is -0.422 e. The summed E-state index contributed by atoms with van der Waals surface area (Å²) in [5, 5.41) is 3.52. The van der Waals surface area contributed by atoms with E-state index >= 15 is 0 Å². The van der Waals surface area contributed by atoms with E-state index in [0.29, 0.717) is 22.4 Å². The highest BCUT2D eigenvalue weighted by Gasteiger charge is 2.11. The van der Waals surface area contributed by atoms with Crippen LogP contribution in [0.5, 0.6) is 0 Å². The number of halogens is 1. The Morgan fingerprint density at radius 1 is 0.889 bits per heavy atom. The molecular formula is C22H14FNO3. The van der Waals surface area contributed by atoms with E-state index in [1.807, 2.05) is 12.1 Å². The number of fused-ring (bicyclic) bond motifs is 1. The molecule has 0 fully saturated rings. The third kappa shape index (κ3) is 3.48. The van der Waals surface area contributed by atoms with Crippen molar-refractivity contribution in [3.05, 3.63) is 101 Å². The predicted molar refractivity (Wildman–Crippen MR) is 102 cm³/mol. The Hall–Kier alpha value is -3.73. The summed E-state index contributed by atoms with van der Waals surface area (Å²) in [5.41, 5.74) is 1.78. The van der Waals surface area contributed by atoms with Crippen LogP contribution >= 0.6 is 0 Å². The van der Waals surface area contributed by atoms with Crippen LogP contribution in [0.25, 0.3) is 22.1 Å². The van der Waals surface area contributed by atoms with Crippen LogP contribution < -0.4 is 10.9 Å². The molecule has 0 radical (unpaired) electrons. The van der Waals surface area contributed by atoms with Crippen LogP contribution in [0.15, 0.2) is 88.1 Å². The van der Waals surface area contributed by atoms with Gasteiger partial charge in [0.2, 0.25) is 0 Å². The van der Waals surface area contributed by atoms with Crippen molar-refractivity contribution in [1.29, 1.82) is 0 Å². The molecule has 0 spiro atoms. The van der Waals surface area contributed by atoms with Gasteiger partial charge in [0.25, 0.3) is 5.91 Å². The van der Waals surface area contributed by atoms with Gasteiger partial charge in [0, 0.05) is 16.6 Å². The molecule has 0 saturated heterocycles. The Morgan fingerprint density at radius 2 is 1.70 bits per heavy atom. The lowest BCUT2D eigenvalue weighted by Crippen LogP contribution is -2.12. The molecule has 4 nitrogen and oxygen atoms in total. The second-order valence-electron chi connectivity index (χ2n) is 6.03. The zero-order valence-corrected chi connectivity index (χ0v) is 14.1. The van der Waals surface area contributed by atoms with Crippen molar-refractivity contribution in [1.82, 2.24) is 0 Å². The molecule has 1 amide bonds. The van der Waals surface area contributed by atoms with E-state index in [0.717, 1.165) is 11.5 Å². The highest BCUT2D eigenvalue weighted by atomic mass is 19.1. The zero-order chi connectivity index (χ0) is 18.8. The number of rotatable bonds is 3. The van der Waals surface area contributed by atoms with Gasteiger partial charge in [-0.15, -0.1) is 0 Å². The molecule has 0 saturated carbocycles. The first kappa shape index (κ1) is 16.7. The summed E-state index contributed by atoms with van der Waals surface area (Å²) in [6, 6.07) is 21.3. The fourth-order valence-electron chi connectivity index (χ4n) is 2.86. The number of anilines is 1. The lowest BCUT2D eigenvalue weighted by Gasteiger charge is -2.08. The lowest BCUT2D eigenvalue weighted by atomic mass is 10.1. The maximum Gasteiger partial charge on any atom is 0.344 e. The summed E-state index contributed by atoms with van der Waals surface area (Å²) in [4.78, 5) is 24.6. The first-order valence-corrected chi connectivity index (χ1v) is 8.30. The van der Waals surface area contributed by atoms with Gasteiger partial charge in [0.15, 0.2) is 0 Å². The van der Waals surface area contributed by atoms with Gasteiger partial charge in [-0.25, -0.2) is 9.18 Å². The fraction of sp³-hybridized carbons (Fsp3) is 0. The number of hydrogen-bond acceptors (Lipinski definition) is 3. The van der Waals surface area contributed by atoms with Crippen LogP contribution in [0.3, 0.4) is 0 Å². The molecule has 1 N–H and O–H groups in total. The van der Waals surface area contributed by atoms with Crippen LogP contribution in [0.2, 0.25) is 0 Å². The van der Waals surface area contributed by atoms with Crippen molar-refractivity contribution < 1.29 is 13.6 Å². The van der Waals surface area contributed by atoms with Crippen molar-refractivity contribution in [3.63, 3.8) is 0 Å². The van der Waals surface area contributed by atoms with Gasteiger partial charge in [-0.05, 0) is 48.0 Å². The van der Waals surface area contributed by atoms with E-state index < -0.39 is 17.3 Å². The molecule has 1 heterocycles. The van der Waals surface area contributed by atoms with Crippen molar-refractivity contribution in [2.45, 2.75) is 0 Å². The summed E-state index contributed by atoms with van der Waals surface area (Å²) in [5.74, 6) is -0.914. The van der Waals surface area contributed by atoms with E-state index in [1.54, 1.807) is 42.5 Å². The molecule has 0 atom stereocenters. The van der Waals surface area contributed by atoms with Gasteiger partial charge < -0.3 is 9.73 Å². The SMILES string of the molecule is O=C(Nc1cccc(-c2cc3ccccc3oc2=O)c1)c1cccc(F)c1. The average Bonchev–Trinajstić information content (AvgIpc) is 2.67. The van der Waals surface area contributed by atoms with E-state index in [4.69, 9.17) is 4.42 Å². The van der Waals surface area contributed by atoms with E-state index in [9.17, 15) is 14.0 Å². The molecule has 0 aliphatic heterocycles. The van der Waals surface area contributed by atoms with Crippen LogP contribution in [0.4, 0.5) is 10.1 Å². The fourth-order valence-corrected chi connectivity index (χ4v) is 2.86. The van der Waals surface area contributed by atoms with E-state index in [1.165, 1.54) is 18.2 Å². The molecule has 4 rings (SSSR count). The third-order valence-electron chi connectivity index (χ3n) is 4.16. The van der Waals surface area contributed by atoms with Gasteiger partial charge >= 0.3 is 5.63 Å². The number of carbonyl (C=O) groups excluding carboxylic acids is 1. The maximum atomic E-state index is 13.3. The Morgan fingerprint density at radius 3 is 2.56 bits per heavy atom. The number of nitrogens with one attached hydrogen (secondary N) is 1. The summed E-state index contributed by atoms with van der Waals surface area (Å²) in [6.45, 7) is 0. The smallest absolute Gasteiger partial charge is 0.344 e. The molecule has 0 unspecified atom stereocenters. The molecule has 0 aliphatic rings. The molecule has 5 heteroatoms. The third-order valence-corrected chi connectivity index (χ3v) is 4.16. The Labute approximate surface area is 153 Å². The minimum absolute atomic E-state index is 0.214. The first-order chi connectivity index (χ1) is 13.1. The minimum atomic E-state index is -0.481. The predicted octanol–water partition coefficient (Wildman–Crippen LogP) is 4.85. The highest BCUT2D eigenvalue weighted by Crippen LogP contribution is 2.23. The monoisotopic (exact) mass is 359 g/mol. The number of para-hydroxylation sites is 1. The Balaban J connectivity index is 1.68. The molecule has 132 valence electrons. The second-order valence-corrected chi connectivity index (χ2v) is 6.03. The van der Waals surface area contributed by atoms with Gasteiger partial charge in [-0.2, -0.15) is 0 Å². The molecule has 0 aliphatic carbocycles. The summed E-state index contributed by atoms with van der Waals surface area (Å²) in [7, 11) is 0. The molecular weight excluding hydrogens is 345 g/mol. The number of benzene rings is 3. The lowest BCUT2D eigenvalue weighted by molar-refractivity contribution is 0.102. The van der Waals surface area contributed by atoms with Crippen molar-refractivity contribution >= 4 is 22.6 Å². The molecule has 1 aromatic heterocycles. The van der Waals surface area contributed by atoms with Crippen molar-refractivity contribution in [3.8, 4) is 11.1 Å². The molecule has 4 aromatic rings. The van der Waals surface area contributed by atoms with Gasteiger partial charge in [-0.1, -0.05) is 36.4 Å². The maximum absolute atomic E-state index is 13.3. The quantitative estimate of drug-likeness (QED) is 0.532. The summed E-state index contributed by atoms with van der Waals surface area (Å²) in [6.07, 6.45) is 0. The van der Waals surface area contributed by atoms with Crippen molar-refractivity contribution in [2.75, 3.05) is 5.32 Å². The highest BCUT2D eigenvalue weighted by molar-refractivity contribution is 6.04. The normalized spacial score (nSPS) is 10.7. The Kier molecular flexibility index (Phi) is 4.26. The zero-order valence-electron chi connectivity index (χ0n) is 14.1. The number of amides is 1. The van der Waals surface area contributed by atoms with Crippen LogP contribution in [-0.2, 0) is 0 Å². The van der Waals surface area contributed by atoms with E-state index in [2.05, 4.69) is 5.32 Å². The van der Waals surface area contributed by atoms with E-state index in [-0.39, 0.29) is 5.56 Å². The second kappa shape index (κ2) is 6.88. The number of hydrogen-bond donors (Lipinski definition) is 1. The standard InChI is InChI=1S/C22H14FNO3/c23-17-8-3-7-16(11-17)21(25)24-18-9-4-6-14(12-18)19-13-15-5-1-2-10-20(15)27-22(19)26/h1-13H,(H,24,25). The van der Waals surface area contributed by atoms with Crippen molar-refractivity contribution in [2.24, 2.45) is 0 Å². The molecule has 0 bridgehead atoms. The first-order valence-electron chi connectivity index (χ1n) is 8.30. The van der Waals surface area contributed by atoms with Crippen LogP contribution in [0.1, 0.15) is 10.4 Å². The van der Waals surface area contributed by atoms with Crippen LogP contribution in [-0.4, -0.2) is 5.91 Å². The van der Waals surface area contributed by atoms with Gasteiger partial charge in [-0.3, -0.25) is 4.79 Å². The largest absolute Gasteiger partial charge is 0.422 e. The van der Waals surface area contributed by atoms with Gasteiger partial charge in [0.05, 0.1) is 5.56 Å². The van der Waals surface area contributed by atoms with Crippen LogP contribution in [0, 0.1) is 5.82 Å². The topological polar surface area (TPSA) is 59.3 Å².